The van der Waals surface area contributed by atoms with Crippen molar-refractivity contribution in [1.82, 2.24) is 0 Å². The van der Waals surface area contributed by atoms with Gasteiger partial charge in [-0.15, -0.1) is 0 Å². The Labute approximate surface area is 80.4 Å². The molecule has 13 heavy (non-hydrogen) atoms. The highest BCUT2D eigenvalue weighted by atomic mass is 16.3. The molecule has 0 aliphatic rings. The van der Waals surface area contributed by atoms with Gasteiger partial charge in [0, 0.05) is 0 Å². The summed E-state index contributed by atoms with van der Waals surface area (Å²) in [4.78, 5) is 0. The molecule has 1 aromatic carbocycles. The van der Waals surface area contributed by atoms with Crippen molar-refractivity contribution in [2.24, 2.45) is 5.73 Å². The number of benzene rings is 1. The van der Waals surface area contributed by atoms with Crippen molar-refractivity contribution < 1.29 is 5.11 Å². The van der Waals surface area contributed by atoms with Crippen molar-refractivity contribution in [3.05, 3.63) is 29.8 Å². The SMILES string of the molecule is CC(C)(C)c1ccccc1O.CN. The Kier molecular flexibility index (Phi) is 4.49. The van der Waals surface area contributed by atoms with Crippen LogP contribution in [-0.4, -0.2) is 12.2 Å². The third-order valence-corrected chi connectivity index (χ3v) is 1.71. The monoisotopic (exact) mass is 181 g/mol. The minimum Gasteiger partial charge on any atom is -0.508 e. The molecule has 0 bridgehead atoms. The molecule has 0 amide bonds. The number of hydrogen-bond acceptors (Lipinski definition) is 2. The van der Waals surface area contributed by atoms with Crippen LogP contribution < -0.4 is 5.73 Å². The molecule has 2 heteroatoms. The Bertz CT molecular complexity index is 251. The van der Waals surface area contributed by atoms with Gasteiger partial charge in [0.1, 0.15) is 5.75 Å². The van der Waals surface area contributed by atoms with Crippen LogP contribution in [0, 0.1) is 0 Å². The Hall–Kier alpha value is -1.02. The number of phenols is 1. The van der Waals surface area contributed by atoms with Crippen molar-refractivity contribution in [3.63, 3.8) is 0 Å². The van der Waals surface area contributed by atoms with Gasteiger partial charge in [0.2, 0.25) is 0 Å². The van der Waals surface area contributed by atoms with E-state index in [2.05, 4.69) is 26.5 Å². The summed E-state index contributed by atoms with van der Waals surface area (Å²) < 4.78 is 0. The molecule has 0 radical (unpaired) electrons. The molecule has 0 aliphatic carbocycles. The summed E-state index contributed by atoms with van der Waals surface area (Å²) in [5.41, 5.74) is 5.53. The van der Waals surface area contributed by atoms with E-state index in [0.717, 1.165) is 5.56 Å². The minimum atomic E-state index is 0.0331. The second kappa shape index (κ2) is 4.87. The van der Waals surface area contributed by atoms with Gasteiger partial charge in [0.15, 0.2) is 0 Å². The van der Waals surface area contributed by atoms with Gasteiger partial charge in [0.05, 0.1) is 0 Å². The van der Waals surface area contributed by atoms with E-state index in [1.54, 1.807) is 6.07 Å². The van der Waals surface area contributed by atoms with E-state index in [1.807, 2.05) is 18.2 Å². The van der Waals surface area contributed by atoms with Crippen molar-refractivity contribution in [3.8, 4) is 5.75 Å². The summed E-state index contributed by atoms with van der Waals surface area (Å²) in [5.74, 6) is 0.389. The van der Waals surface area contributed by atoms with Crippen LogP contribution in [0.15, 0.2) is 24.3 Å². The van der Waals surface area contributed by atoms with Gasteiger partial charge < -0.3 is 10.8 Å². The maximum absolute atomic E-state index is 9.45. The molecule has 2 nitrogen and oxygen atoms in total. The topological polar surface area (TPSA) is 46.2 Å². The van der Waals surface area contributed by atoms with Gasteiger partial charge >= 0.3 is 0 Å². The molecule has 0 fully saturated rings. The fourth-order valence-electron chi connectivity index (χ4n) is 1.11. The molecule has 0 atom stereocenters. The Balaban J connectivity index is 0.000000671. The molecular weight excluding hydrogens is 162 g/mol. The highest BCUT2D eigenvalue weighted by Gasteiger charge is 2.16. The molecule has 0 saturated carbocycles. The Morgan fingerprint density at radius 1 is 1.08 bits per heavy atom. The summed E-state index contributed by atoms with van der Waals surface area (Å²) in [6.45, 7) is 6.26. The summed E-state index contributed by atoms with van der Waals surface area (Å²) >= 11 is 0. The second-order valence-electron chi connectivity index (χ2n) is 3.77. The van der Waals surface area contributed by atoms with Gasteiger partial charge in [-0.1, -0.05) is 39.0 Å². The fraction of sp³-hybridized carbons (Fsp3) is 0.455. The largest absolute Gasteiger partial charge is 0.508 e. The molecule has 0 aromatic heterocycles. The maximum atomic E-state index is 9.45. The maximum Gasteiger partial charge on any atom is 0.119 e. The lowest BCUT2D eigenvalue weighted by molar-refractivity contribution is 0.447. The third kappa shape index (κ3) is 3.47. The van der Waals surface area contributed by atoms with Crippen LogP contribution >= 0.6 is 0 Å². The first-order chi connectivity index (χ1) is 6.02. The van der Waals surface area contributed by atoms with Crippen molar-refractivity contribution in [2.45, 2.75) is 26.2 Å². The van der Waals surface area contributed by atoms with Crippen molar-refractivity contribution in [2.75, 3.05) is 7.05 Å². The highest BCUT2D eigenvalue weighted by Crippen LogP contribution is 2.29. The summed E-state index contributed by atoms with van der Waals surface area (Å²) in [6, 6.07) is 7.46. The quantitative estimate of drug-likeness (QED) is 0.645. The number of phenolic OH excluding ortho intramolecular Hbond substituents is 1. The van der Waals surface area contributed by atoms with Crippen LogP contribution in [0.25, 0.3) is 0 Å². The number of para-hydroxylation sites is 1. The smallest absolute Gasteiger partial charge is 0.119 e. The molecular formula is C11H19NO. The number of aromatic hydroxyl groups is 1. The zero-order valence-electron chi connectivity index (χ0n) is 8.83. The molecule has 1 aromatic rings. The summed E-state index contributed by atoms with van der Waals surface area (Å²) in [7, 11) is 1.50. The molecule has 0 heterocycles. The molecule has 0 saturated heterocycles. The van der Waals surface area contributed by atoms with Crippen LogP contribution in [-0.2, 0) is 5.41 Å². The van der Waals surface area contributed by atoms with Crippen molar-refractivity contribution >= 4 is 0 Å². The van der Waals surface area contributed by atoms with E-state index in [9.17, 15) is 5.11 Å². The van der Waals surface area contributed by atoms with Gasteiger partial charge in [-0.2, -0.15) is 0 Å². The van der Waals surface area contributed by atoms with Gasteiger partial charge in [0.25, 0.3) is 0 Å². The first-order valence-electron chi connectivity index (χ1n) is 4.38. The zero-order valence-corrected chi connectivity index (χ0v) is 8.83. The normalized spacial score (nSPS) is 10.2. The fourth-order valence-corrected chi connectivity index (χ4v) is 1.11. The first kappa shape index (κ1) is 12.0. The Morgan fingerprint density at radius 3 is 1.85 bits per heavy atom. The number of hydrogen-bond donors (Lipinski definition) is 2. The van der Waals surface area contributed by atoms with Crippen LogP contribution in [0.5, 0.6) is 5.75 Å². The molecule has 0 spiro atoms. The van der Waals surface area contributed by atoms with E-state index >= 15 is 0 Å². The number of nitrogens with two attached hydrogens (primary N) is 1. The van der Waals surface area contributed by atoms with E-state index in [0.29, 0.717) is 5.75 Å². The lowest BCUT2D eigenvalue weighted by Gasteiger charge is -2.19. The van der Waals surface area contributed by atoms with E-state index in [1.165, 1.54) is 7.05 Å². The molecule has 1 rings (SSSR count). The average molecular weight is 181 g/mol. The lowest BCUT2D eigenvalue weighted by atomic mass is 9.86. The summed E-state index contributed by atoms with van der Waals surface area (Å²) in [5, 5.41) is 9.45. The standard InChI is InChI=1S/C10H14O.CH5N/c1-10(2,3)8-6-4-5-7-9(8)11;1-2/h4-7,11H,1-3H3;2H2,1H3. The predicted octanol–water partition coefficient (Wildman–Crippen LogP) is 2.26. The Morgan fingerprint density at radius 2 is 1.54 bits per heavy atom. The van der Waals surface area contributed by atoms with Crippen LogP contribution in [0.3, 0.4) is 0 Å². The molecule has 3 N–H and O–H groups in total. The predicted molar refractivity (Wildman–Crippen MR) is 56.9 cm³/mol. The number of rotatable bonds is 0. The van der Waals surface area contributed by atoms with E-state index < -0.39 is 0 Å². The van der Waals surface area contributed by atoms with E-state index in [4.69, 9.17) is 0 Å². The highest BCUT2D eigenvalue weighted by molar-refractivity contribution is 5.36. The third-order valence-electron chi connectivity index (χ3n) is 1.71. The summed E-state index contributed by atoms with van der Waals surface area (Å²) in [6.07, 6.45) is 0. The van der Waals surface area contributed by atoms with Gasteiger partial charge in [-0.05, 0) is 24.1 Å². The van der Waals surface area contributed by atoms with Crippen LogP contribution in [0.2, 0.25) is 0 Å². The first-order valence-corrected chi connectivity index (χ1v) is 4.38. The van der Waals surface area contributed by atoms with Gasteiger partial charge in [-0.25, -0.2) is 0 Å². The molecule has 74 valence electrons. The molecule has 0 aliphatic heterocycles. The molecule has 0 unspecified atom stereocenters. The minimum absolute atomic E-state index is 0.0331. The van der Waals surface area contributed by atoms with E-state index in [-0.39, 0.29) is 5.41 Å². The average Bonchev–Trinajstić information content (AvgIpc) is 2.07. The second-order valence-corrected chi connectivity index (χ2v) is 3.77. The van der Waals surface area contributed by atoms with Crippen LogP contribution in [0.1, 0.15) is 26.3 Å². The zero-order chi connectivity index (χ0) is 10.5. The van der Waals surface area contributed by atoms with Gasteiger partial charge in [-0.3, -0.25) is 0 Å². The van der Waals surface area contributed by atoms with Crippen LogP contribution in [0.4, 0.5) is 0 Å². The van der Waals surface area contributed by atoms with Crippen molar-refractivity contribution in [1.29, 1.82) is 0 Å². The lowest BCUT2D eigenvalue weighted by Crippen LogP contribution is -2.10.